The standard InChI is InChI=1S/C16H20O4/c1-12(2)15(17)20-16(13-8-4-3-5-9-13)19-14-10-6-7-11-18-14/h3-5,8-9,14,16H,1,6-7,10-11H2,2H3. The topological polar surface area (TPSA) is 44.8 Å². The number of benzene rings is 1. The monoisotopic (exact) mass is 276 g/mol. The van der Waals surface area contributed by atoms with Gasteiger partial charge < -0.3 is 14.2 Å². The summed E-state index contributed by atoms with van der Waals surface area (Å²) in [6.07, 6.45) is 1.83. The zero-order valence-corrected chi connectivity index (χ0v) is 11.7. The fraction of sp³-hybridized carbons (Fsp3) is 0.438. The second-order valence-corrected chi connectivity index (χ2v) is 4.86. The van der Waals surface area contributed by atoms with Crippen molar-refractivity contribution in [1.82, 2.24) is 0 Å². The molecule has 1 aliphatic heterocycles. The van der Waals surface area contributed by atoms with Gasteiger partial charge in [0.2, 0.25) is 6.29 Å². The van der Waals surface area contributed by atoms with Crippen molar-refractivity contribution in [3.8, 4) is 0 Å². The molecular formula is C16H20O4. The Kier molecular flexibility index (Phi) is 5.32. The lowest BCUT2D eigenvalue weighted by Crippen LogP contribution is -2.26. The van der Waals surface area contributed by atoms with Gasteiger partial charge in [0, 0.05) is 17.7 Å². The van der Waals surface area contributed by atoms with E-state index in [0.717, 1.165) is 24.8 Å². The van der Waals surface area contributed by atoms with Crippen LogP contribution in [0.25, 0.3) is 0 Å². The fourth-order valence-corrected chi connectivity index (χ4v) is 1.94. The highest BCUT2D eigenvalue weighted by Gasteiger charge is 2.24. The van der Waals surface area contributed by atoms with Gasteiger partial charge in [0.05, 0.1) is 0 Å². The summed E-state index contributed by atoms with van der Waals surface area (Å²) in [6.45, 7) is 5.88. The molecule has 0 radical (unpaired) electrons. The first-order chi connectivity index (χ1) is 9.66. The smallest absolute Gasteiger partial charge is 0.335 e. The second kappa shape index (κ2) is 7.22. The molecule has 1 saturated heterocycles. The third-order valence-electron chi connectivity index (χ3n) is 3.05. The average Bonchev–Trinajstić information content (AvgIpc) is 2.48. The van der Waals surface area contributed by atoms with Crippen molar-refractivity contribution in [1.29, 1.82) is 0 Å². The Labute approximate surface area is 119 Å². The zero-order chi connectivity index (χ0) is 14.4. The Bertz CT molecular complexity index is 449. The summed E-state index contributed by atoms with van der Waals surface area (Å²) < 4.78 is 16.7. The van der Waals surface area contributed by atoms with E-state index in [1.807, 2.05) is 30.3 Å². The van der Waals surface area contributed by atoms with Gasteiger partial charge in [-0.05, 0) is 26.2 Å². The molecule has 2 atom stereocenters. The Morgan fingerprint density at radius 3 is 2.70 bits per heavy atom. The quantitative estimate of drug-likeness (QED) is 0.470. The Balaban J connectivity index is 2.07. The fourth-order valence-electron chi connectivity index (χ4n) is 1.94. The maximum absolute atomic E-state index is 11.7. The molecule has 0 aliphatic carbocycles. The van der Waals surface area contributed by atoms with Crippen molar-refractivity contribution in [2.75, 3.05) is 6.61 Å². The van der Waals surface area contributed by atoms with E-state index in [4.69, 9.17) is 14.2 Å². The minimum absolute atomic E-state index is 0.327. The molecule has 108 valence electrons. The van der Waals surface area contributed by atoms with Gasteiger partial charge >= 0.3 is 5.97 Å². The molecule has 1 aromatic rings. The van der Waals surface area contributed by atoms with Crippen LogP contribution >= 0.6 is 0 Å². The number of carbonyl (C=O) groups is 1. The largest absolute Gasteiger partial charge is 0.428 e. The molecule has 4 nitrogen and oxygen atoms in total. The van der Waals surface area contributed by atoms with E-state index in [-0.39, 0.29) is 6.29 Å². The predicted octanol–water partition coefficient (Wildman–Crippen LogP) is 3.35. The van der Waals surface area contributed by atoms with Crippen LogP contribution in [0.15, 0.2) is 42.5 Å². The summed E-state index contributed by atoms with van der Waals surface area (Å²) in [5, 5.41) is 0. The SMILES string of the molecule is C=C(C)C(=O)OC(OC1CCCCO1)c1ccccc1. The summed E-state index contributed by atoms with van der Waals surface area (Å²) >= 11 is 0. The summed E-state index contributed by atoms with van der Waals surface area (Å²) in [7, 11) is 0. The molecule has 2 unspecified atom stereocenters. The lowest BCUT2D eigenvalue weighted by atomic mass is 10.2. The third-order valence-corrected chi connectivity index (χ3v) is 3.05. The van der Waals surface area contributed by atoms with E-state index in [1.165, 1.54) is 0 Å². The number of carbonyl (C=O) groups excluding carboxylic acids is 1. The van der Waals surface area contributed by atoms with Crippen molar-refractivity contribution >= 4 is 5.97 Å². The first kappa shape index (κ1) is 14.8. The molecule has 20 heavy (non-hydrogen) atoms. The molecule has 0 spiro atoms. The molecule has 1 heterocycles. The maximum Gasteiger partial charge on any atom is 0.335 e. The summed E-state index contributed by atoms with van der Waals surface area (Å²) in [5.74, 6) is -0.463. The predicted molar refractivity (Wildman–Crippen MR) is 74.8 cm³/mol. The molecule has 1 aromatic carbocycles. The Morgan fingerprint density at radius 2 is 2.10 bits per heavy atom. The van der Waals surface area contributed by atoms with E-state index < -0.39 is 12.3 Å². The van der Waals surface area contributed by atoms with Gasteiger partial charge in [0.25, 0.3) is 0 Å². The lowest BCUT2D eigenvalue weighted by Gasteiger charge is -2.27. The van der Waals surface area contributed by atoms with Gasteiger partial charge in [0.15, 0.2) is 6.29 Å². The van der Waals surface area contributed by atoms with Crippen LogP contribution in [0.1, 0.15) is 38.0 Å². The van der Waals surface area contributed by atoms with Crippen molar-refractivity contribution in [2.24, 2.45) is 0 Å². The van der Waals surface area contributed by atoms with Crippen LogP contribution in [-0.4, -0.2) is 18.9 Å². The minimum atomic E-state index is -0.761. The molecule has 0 aromatic heterocycles. The van der Waals surface area contributed by atoms with Crippen LogP contribution in [0.4, 0.5) is 0 Å². The van der Waals surface area contributed by atoms with Crippen LogP contribution in [0.2, 0.25) is 0 Å². The van der Waals surface area contributed by atoms with E-state index in [0.29, 0.717) is 12.2 Å². The highest BCUT2D eigenvalue weighted by Crippen LogP contribution is 2.25. The average molecular weight is 276 g/mol. The first-order valence-corrected chi connectivity index (χ1v) is 6.85. The summed E-state index contributed by atoms with van der Waals surface area (Å²) in [5.41, 5.74) is 1.13. The number of ether oxygens (including phenoxy) is 3. The summed E-state index contributed by atoms with van der Waals surface area (Å²) in [4.78, 5) is 11.7. The van der Waals surface area contributed by atoms with E-state index >= 15 is 0 Å². The number of esters is 1. The maximum atomic E-state index is 11.7. The molecule has 0 amide bonds. The van der Waals surface area contributed by atoms with E-state index in [2.05, 4.69) is 6.58 Å². The molecule has 4 heteroatoms. The molecule has 0 N–H and O–H groups in total. The minimum Gasteiger partial charge on any atom is -0.428 e. The van der Waals surface area contributed by atoms with Crippen LogP contribution in [-0.2, 0) is 19.0 Å². The van der Waals surface area contributed by atoms with Crippen LogP contribution < -0.4 is 0 Å². The van der Waals surface area contributed by atoms with Crippen LogP contribution in [0.5, 0.6) is 0 Å². The summed E-state index contributed by atoms with van der Waals surface area (Å²) in [6, 6.07) is 9.38. The second-order valence-electron chi connectivity index (χ2n) is 4.86. The van der Waals surface area contributed by atoms with Crippen LogP contribution in [0.3, 0.4) is 0 Å². The molecule has 1 aliphatic rings. The molecular weight excluding hydrogens is 256 g/mol. The van der Waals surface area contributed by atoms with Crippen molar-refractivity contribution in [3.05, 3.63) is 48.0 Å². The molecule has 0 saturated carbocycles. The molecule has 0 bridgehead atoms. The van der Waals surface area contributed by atoms with Gasteiger partial charge in [-0.25, -0.2) is 4.79 Å². The van der Waals surface area contributed by atoms with Gasteiger partial charge in [-0.3, -0.25) is 0 Å². The Morgan fingerprint density at radius 1 is 1.35 bits per heavy atom. The Hall–Kier alpha value is -1.65. The van der Waals surface area contributed by atoms with Gasteiger partial charge in [-0.2, -0.15) is 0 Å². The van der Waals surface area contributed by atoms with Crippen molar-refractivity contribution in [2.45, 2.75) is 38.8 Å². The highest BCUT2D eigenvalue weighted by atomic mass is 16.8. The highest BCUT2D eigenvalue weighted by molar-refractivity contribution is 5.87. The lowest BCUT2D eigenvalue weighted by molar-refractivity contribution is -0.252. The van der Waals surface area contributed by atoms with Gasteiger partial charge in [-0.1, -0.05) is 36.9 Å². The first-order valence-electron chi connectivity index (χ1n) is 6.85. The van der Waals surface area contributed by atoms with E-state index in [1.54, 1.807) is 6.92 Å². The van der Waals surface area contributed by atoms with Crippen molar-refractivity contribution in [3.63, 3.8) is 0 Å². The van der Waals surface area contributed by atoms with Crippen LogP contribution in [0, 0.1) is 0 Å². The number of hydrogen-bond acceptors (Lipinski definition) is 4. The van der Waals surface area contributed by atoms with Gasteiger partial charge in [-0.15, -0.1) is 0 Å². The zero-order valence-electron chi connectivity index (χ0n) is 11.7. The van der Waals surface area contributed by atoms with E-state index in [9.17, 15) is 4.79 Å². The molecule has 1 fully saturated rings. The number of rotatable bonds is 5. The third kappa shape index (κ3) is 4.18. The number of hydrogen-bond donors (Lipinski definition) is 0. The normalized spacial score (nSPS) is 20.1. The van der Waals surface area contributed by atoms with Crippen molar-refractivity contribution < 1.29 is 19.0 Å². The molecule has 2 rings (SSSR count). The van der Waals surface area contributed by atoms with Gasteiger partial charge in [0.1, 0.15) is 0 Å².